The van der Waals surface area contributed by atoms with Crippen LogP contribution in [0.1, 0.15) is 75.3 Å². The SMILES string of the molecule is CC1CC=CN2C(=C1c1ccccc1)c1c(C(=O)Nc3cccnc3N3CCC(NC(=O)c4cccnc4)CC3)[nH]c3cc(Cl)cc(c13)C2c1ccc(Cl)cc1. The molecule has 2 unspecified atom stereocenters. The van der Waals surface area contributed by atoms with Crippen LogP contribution in [0.2, 0.25) is 10.0 Å². The maximum atomic E-state index is 14.9. The first-order valence-corrected chi connectivity index (χ1v) is 19.7. The van der Waals surface area contributed by atoms with E-state index in [2.05, 4.69) is 86.0 Å². The van der Waals surface area contributed by atoms with Crippen molar-refractivity contribution in [1.29, 1.82) is 0 Å². The lowest BCUT2D eigenvalue weighted by atomic mass is 9.82. The Morgan fingerprint density at radius 3 is 2.43 bits per heavy atom. The van der Waals surface area contributed by atoms with E-state index in [1.54, 1.807) is 30.7 Å². The van der Waals surface area contributed by atoms with Gasteiger partial charge in [0.25, 0.3) is 11.8 Å². The van der Waals surface area contributed by atoms with Crippen molar-refractivity contribution in [3.8, 4) is 0 Å². The lowest BCUT2D eigenvalue weighted by Crippen LogP contribution is -2.45. The molecule has 3 aliphatic rings. The van der Waals surface area contributed by atoms with Gasteiger partial charge in [0.15, 0.2) is 5.82 Å². The number of nitrogens with zero attached hydrogens (tertiary/aromatic N) is 4. The first kappa shape index (κ1) is 35.8. The Labute approximate surface area is 335 Å². The third-order valence-electron chi connectivity index (χ3n) is 11.1. The van der Waals surface area contributed by atoms with Crippen LogP contribution < -0.4 is 15.5 Å². The van der Waals surface area contributed by atoms with Crippen molar-refractivity contribution >= 4 is 68.7 Å². The van der Waals surface area contributed by atoms with E-state index in [-0.39, 0.29) is 29.8 Å². The Balaban J connectivity index is 1.11. The molecule has 0 saturated carbocycles. The predicted molar refractivity (Wildman–Crippen MR) is 224 cm³/mol. The zero-order chi connectivity index (χ0) is 38.3. The molecule has 11 heteroatoms. The number of aromatic nitrogens is 3. The number of carbonyl (C=O) groups is 2. The number of rotatable bonds is 7. The average Bonchev–Trinajstić information content (AvgIpc) is 3.51. The van der Waals surface area contributed by atoms with Crippen LogP contribution in [-0.2, 0) is 0 Å². The number of hydrogen-bond acceptors (Lipinski definition) is 6. The summed E-state index contributed by atoms with van der Waals surface area (Å²) < 4.78 is 0. The Morgan fingerprint density at radius 2 is 1.66 bits per heavy atom. The predicted octanol–water partition coefficient (Wildman–Crippen LogP) is 9.74. The van der Waals surface area contributed by atoms with E-state index in [4.69, 9.17) is 28.2 Å². The number of nitrogens with one attached hydrogen (secondary N) is 3. The molecule has 2 amide bonds. The molecular formula is C45H39Cl2N7O2. The van der Waals surface area contributed by atoms with Crippen LogP contribution in [-0.4, -0.2) is 50.8 Å². The molecule has 9 nitrogen and oxygen atoms in total. The zero-order valence-corrected chi connectivity index (χ0v) is 32.2. The number of allylic oxidation sites excluding steroid dienone is 2. The summed E-state index contributed by atoms with van der Waals surface area (Å²) in [5, 5.41) is 8.60. The number of H-pyrrole nitrogens is 1. The number of amides is 2. The Hall–Kier alpha value is -5.90. The van der Waals surface area contributed by atoms with Crippen LogP contribution in [0, 0.1) is 5.92 Å². The van der Waals surface area contributed by atoms with Gasteiger partial charge in [-0.05, 0) is 96.0 Å². The van der Waals surface area contributed by atoms with Crippen LogP contribution in [0.4, 0.5) is 11.5 Å². The van der Waals surface area contributed by atoms with E-state index in [1.807, 2.05) is 42.5 Å². The third kappa shape index (κ3) is 6.61. The van der Waals surface area contributed by atoms with Crippen molar-refractivity contribution in [2.24, 2.45) is 5.92 Å². The molecule has 0 spiro atoms. The minimum atomic E-state index is -0.281. The molecule has 2 atom stereocenters. The van der Waals surface area contributed by atoms with E-state index in [9.17, 15) is 9.59 Å². The Kier molecular flexibility index (Phi) is 9.57. The molecule has 6 heterocycles. The minimum absolute atomic E-state index is 0.0175. The van der Waals surface area contributed by atoms with E-state index >= 15 is 0 Å². The lowest BCUT2D eigenvalue weighted by Gasteiger charge is -2.39. The molecule has 0 bridgehead atoms. The van der Waals surface area contributed by atoms with E-state index < -0.39 is 0 Å². The summed E-state index contributed by atoms with van der Waals surface area (Å²) in [5.41, 5.74) is 8.51. The monoisotopic (exact) mass is 779 g/mol. The Morgan fingerprint density at radius 1 is 0.875 bits per heavy atom. The van der Waals surface area contributed by atoms with Gasteiger partial charge in [0.1, 0.15) is 5.69 Å². The van der Waals surface area contributed by atoms with Crippen molar-refractivity contribution in [3.63, 3.8) is 0 Å². The topological polar surface area (TPSA) is 106 Å². The van der Waals surface area contributed by atoms with Gasteiger partial charge in [-0.25, -0.2) is 4.98 Å². The normalized spacial score (nSPS) is 18.1. The average molecular weight is 781 g/mol. The summed E-state index contributed by atoms with van der Waals surface area (Å²) in [7, 11) is 0. The fraction of sp³-hybridized carbons (Fsp3) is 0.200. The van der Waals surface area contributed by atoms with Gasteiger partial charge >= 0.3 is 0 Å². The minimum Gasteiger partial charge on any atom is -0.355 e. The maximum Gasteiger partial charge on any atom is 0.272 e. The number of aromatic amines is 1. The molecule has 3 aromatic heterocycles. The Bertz CT molecular complexity index is 2510. The van der Waals surface area contributed by atoms with Crippen molar-refractivity contribution in [2.45, 2.75) is 38.3 Å². The second-order valence-corrected chi connectivity index (χ2v) is 15.5. The highest BCUT2D eigenvalue weighted by Crippen LogP contribution is 2.53. The standard InChI is InChI=1S/C45H39Cl2N7O2/c1-27-8-7-21-54-41(29-13-15-31(46)16-14-29)34-24-32(47)25-36-38(34)39(42(54)37(27)28-9-3-2-4-10-28)40(51-36)45(56)52-35-12-6-20-49-43(35)53-22-17-33(18-23-53)50-44(55)30-11-5-19-48-26-30/h2-7,9-16,19-21,24-27,33,41,51H,8,17-18,22-23H2,1H3,(H,50,55)(H,52,56). The second kappa shape index (κ2) is 15.0. The lowest BCUT2D eigenvalue weighted by molar-refractivity contribution is 0.0930. The molecule has 3 N–H and O–H groups in total. The van der Waals surface area contributed by atoms with E-state index in [0.717, 1.165) is 63.7 Å². The first-order valence-electron chi connectivity index (χ1n) is 18.9. The summed E-state index contributed by atoms with van der Waals surface area (Å²) in [4.78, 5) is 44.5. The number of benzene rings is 3. The molecule has 1 fully saturated rings. The van der Waals surface area contributed by atoms with Crippen molar-refractivity contribution < 1.29 is 9.59 Å². The van der Waals surface area contributed by atoms with Gasteiger partial charge in [0.2, 0.25) is 0 Å². The zero-order valence-electron chi connectivity index (χ0n) is 30.7. The highest BCUT2D eigenvalue weighted by molar-refractivity contribution is 6.32. The van der Waals surface area contributed by atoms with Crippen LogP contribution in [0.3, 0.4) is 0 Å². The first-order chi connectivity index (χ1) is 27.3. The fourth-order valence-electron chi connectivity index (χ4n) is 8.48. The van der Waals surface area contributed by atoms with Crippen molar-refractivity contribution in [2.75, 3.05) is 23.3 Å². The molecule has 56 heavy (non-hydrogen) atoms. The third-order valence-corrected chi connectivity index (χ3v) is 11.5. The van der Waals surface area contributed by atoms with Crippen LogP contribution >= 0.6 is 23.2 Å². The summed E-state index contributed by atoms with van der Waals surface area (Å²) in [5.74, 6) is 0.426. The van der Waals surface area contributed by atoms with Crippen molar-refractivity contribution in [1.82, 2.24) is 25.2 Å². The number of carbonyl (C=O) groups excluding carboxylic acids is 2. The quantitative estimate of drug-likeness (QED) is 0.149. The van der Waals surface area contributed by atoms with Gasteiger partial charge in [0.05, 0.1) is 23.0 Å². The highest BCUT2D eigenvalue weighted by atomic mass is 35.5. The largest absolute Gasteiger partial charge is 0.355 e. The molecule has 9 rings (SSSR count). The van der Waals surface area contributed by atoms with Crippen LogP contribution in [0.25, 0.3) is 22.2 Å². The summed E-state index contributed by atoms with van der Waals surface area (Å²) in [6.45, 7) is 3.57. The molecule has 0 aliphatic carbocycles. The fourth-order valence-corrected chi connectivity index (χ4v) is 8.83. The van der Waals surface area contributed by atoms with E-state index in [0.29, 0.717) is 45.9 Å². The summed E-state index contributed by atoms with van der Waals surface area (Å²) in [6, 6.07) is 29.4. The molecule has 3 aliphatic heterocycles. The number of halogens is 2. The highest BCUT2D eigenvalue weighted by Gasteiger charge is 2.40. The molecule has 6 aromatic rings. The number of anilines is 2. The van der Waals surface area contributed by atoms with Gasteiger partial charge in [-0.2, -0.15) is 0 Å². The number of pyridine rings is 2. The number of fused-ring (bicyclic) bond motifs is 2. The maximum absolute atomic E-state index is 14.9. The molecule has 280 valence electrons. The molecule has 3 aromatic carbocycles. The molecular weight excluding hydrogens is 741 g/mol. The van der Waals surface area contributed by atoms with Gasteiger partial charge in [0, 0.05) is 70.4 Å². The van der Waals surface area contributed by atoms with Gasteiger partial charge in [-0.1, -0.05) is 78.7 Å². The van der Waals surface area contributed by atoms with Crippen molar-refractivity contribution in [3.05, 3.63) is 165 Å². The van der Waals surface area contributed by atoms with Gasteiger partial charge < -0.3 is 25.4 Å². The smallest absolute Gasteiger partial charge is 0.272 e. The van der Waals surface area contributed by atoms with Gasteiger partial charge in [-0.3, -0.25) is 14.6 Å². The van der Waals surface area contributed by atoms with Gasteiger partial charge in [-0.15, -0.1) is 0 Å². The van der Waals surface area contributed by atoms with Crippen LogP contribution in [0.15, 0.2) is 122 Å². The van der Waals surface area contributed by atoms with E-state index in [1.165, 1.54) is 0 Å². The summed E-state index contributed by atoms with van der Waals surface area (Å²) >= 11 is 13.3. The number of piperidine rings is 1. The van der Waals surface area contributed by atoms with Crippen LogP contribution in [0.5, 0.6) is 0 Å². The second-order valence-electron chi connectivity index (χ2n) is 14.6. The molecule has 1 saturated heterocycles. The number of hydrogen-bond donors (Lipinski definition) is 3. The summed E-state index contributed by atoms with van der Waals surface area (Å²) in [6.07, 6.45) is 11.6. The molecule has 0 radical (unpaired) electrons.